The average Bonchev–Trinajstić information content (AvgIpc) is 2.74. The number of nitrogens with one attached hydrogen (secondary N) is 1. The van der Waals surface area contributed by atoms with Crippen molar-refractivity contribution in [1.82, 2.24) is 0 Å². The van der Waals surface area contributed by atoms with Crippen LogP contribution in [0.2, 0.25) is 0 Å². The molecule has 1 heterocycles. The maximum Gasteiger partial charge on any atom is 0.271 e. The lowest BCUT2D eigenvalue weighted by Crippen LogP contribution is -2.03. The average molecular weight is 404 g/mol. The van der Waals surface area contributed by atoms with Crippen LogP contribution in [0.3, 0.4) is 0 Å². The molecular weight excluding hydrogens is 387 g/mol. The molecule has 1 N–H and O–H groups in total. The van der Waals surface area contributed by atoms with E-state index in [2.05, 4.69) is 5.09 Å². The van der Waals surface area contributed by atoms with E-state index < -0.39 is 12.2 Å². The van der Waals surface area contributed by atoms with Crippen molar-refractivity contribution in [2.24, 2.45) is 0 Å². The van der Waals surface area contributed by atoms with E-state index in [9.17, 15) is 14.7 Å². The van der Waals surface area contributed by atoms with Gasteiger partial charge in [0.1, 0.15) is 11.5 Å². The topological polar surface area (TPSA) is 81.5 Å². The number of rotatable bonds is 5. The van der Waals surface area contributed by atoms with E-state index in [0.717, 1.165) is 11.1 Å². The van der Waals surface area contributed by atoms with E-state index in [1.165, 1.54) is 12.1 Å². The Kier molecular flexibility index (Phi) is 5.02. The molecule has 1 aliphatic rings. The predicted molar refractivity (Wildman–Crippen MR) is 114 cm³/mol. The van der Waals surface area contributed by atoms with E-state index in [4.69, 9.17) is 4.74 Å². The molecule has 0 amide bonds. The lowest BCUT2D eigenvalue weighted by Gasteiger charge is -2.24. The van der Waals surface area contributed by atoms with Crippen LogP contribution in [-0.2, 0) is 9.30 Å². The standard InChI is InChI=1S/C22H17N2O4P/c25-24(26)20-13-7-12-19(14-20)23-29(27)15-21(17-8-3-1-4-9-17)28-22(16-29)18-10-5-2-6-11-18/h1-16H,(H,23,27). The Labute approximate surface area is 167 Å². The van der Waals surface area contributed by atoms with Gasteiger partial charge in [0, 0.05) is 40.6 Å². The molecule has 0 atom stereocenters. The first-order chi connectivity index (χ1) is 14.0. The summed E-state index contributed by atoms with van der Waals surface area (Å²) in [6.07, 6.45) is 0. The van der Waals surface area contributed by atoms with Gasteiger partial charge in [-0.25, -0.2) is 0 Å². The third-order valence-electron chi connectivity index (χ3n) is 4.32. The van der Waals surface area contributed by atoms with Crippen molar-refractivity contribution in [3.05, 3.63) is 118 Å². The zero-order chi connectivity index (χ0) is 20.3. The molecular formula is C22H17N2O4P. The van der Waals surface area contributed by atoms with Crippen molar-refractivity contribution < 1.29 is 14.2 Å². The normalized spacial score (nSPS) is 14.9. The van der Waals surface area contributed by atoms with Crippen LogP contribution in [0.25, 0.3) is 11.5 Å². The number of nitrogens with zero attached hydrogens (tertiary/aromatic N) is 1. The highest BCUT2D eigenvalue weighted by atomic mass is 31.2. The molecule has 1 aliphatic heterocycles. The Morgan fingerprint density at radius 3 is 1.86 bits per heavy atom. The lowest BCUT2D eigenvalue weighted by molar-refractivity contribution is -0.384. The second-order valence-electron chi connectivity index (χ2n) is 6.45. The van der Waals surface area contributed by atoms with Gasteiger partial charge in [0.15, 0.2) is 0 Å². The van der Waals surface area contributed by atoms with Gasteiger partial charge in [-0.3, -0.25) is 14.7 Å². The quantitative estimate of drug-likeness (QED) is 0.306. The Morgan fingerprint density at radius 2 is 1.34 bits per heavy atom. The zero-order valence-corrected chi connectivity index (χ0v) is 16.2. The summed E-state index contributed by atoms with van der Waals surface area (Å²) in [4.78, 5) is 10.6. The monoisotopic (exact) mass is 404 g/mol. The molecule has 7 heteroatoms. The van der Waals surface area contributed by atoms with Crippen LogP contribution in [0.4, 0.5) is 11.4 Å². The number of benzene rings is 3. The van der Waals surface area contributed by atoms with E-state index in [1.54, 1.807) is 23.8 Å². The summed E-state index contributed by atoms with van der Waals surface area (Å²) in [6, 6.07) is 24.7. The van der Waals surface area contributed by atoms with Crippen molar-refractivity contribution in [3.8, 4) is 0 Å². The summed E-state index contributed by atoms with van der Waals surface area (Å²) in [6.45, 7) is 0. The first kappa shape index (κ1) is 18.7. The van der Waals surface area contributed by atoms with Crippen LogP contribution in [0, 0.1) is 10.1 Å². The smallest absolute Gasteiger partial charge is 0.271 e. The van der Waals surface area contributed by atoms with Gasteiger partial charge in [0.05, 0.1) is 4.92 Å². The highest BCUT2D eigenvalue weighted by Gasteiger charge is 2.27. The lowest BCUT2D eigenvalue weighted by atomic mass is 10.2. The Balaban J connectivity index is 1.77. The molecule has 3 aromatic rings. The molecule has 144 valence electrons. The van der Waals surface area contributed by atoms with E-state index in [0.29, 0.717) is 17.2 Å². The maximum atomic E-state index is 13.7. The minimum atomic E-state index is -3.25. The Hall–Kier alpha value is -3.63. The van der Waals surface area contributed by atoms with Crippen molar-refractivity contribution in [2.75, 3.05) is 5.09 Å². The minimum Gasteiger partial charge on any atom is -0.456 e. The molecule has 0 aromatic heterocycles. The van der Waals surface area contributed by atoms with Gasteiger partial charge in [0.25, 0.3) is 5.69 Å². The summed E-state index contributed by atoms with van der Waals surface area (Å²) in [5, 5.41) is 14.0. The molecule has 0 aliphatic carbocycles. The predicted octanol–water partition coefficient (Wildman–Crippen LogP) is 6.31. The second-order valence-corrected chi connectivity index (χ2v) is 8.61. The number of ether oxygens (including phenoxy) is 1. The van der Waals surface area contributed by atoms with E-state index in [1.807, 2.05) is 60.7 Å². The third kappa shape index (κ3) is 4.28. The second kappa shape index (κ2) is 7.78. The molecule has 29 heavy (non-hydrogen) atoms. The fraction of sp³-hybridized carbons (Fsp3) is 0. The Morgan fingerprint density at radius 1 is 0.793 bits per heavy atom. The molecule has 0 bridgehead atoms. The minimum absolute atomic E-state index is 0.0746. The number of hydrogen-bond acceptors (Lipinski definition) is 4. The molecule has 0 unspecified atom stereocenters. The van der Waals surface area contributed by atoms with Gasteiger partial charge in [0.2, 0.25) is 7.29 Å². The van der Waals surface area contributed by atoms with Crippen LogP contribution in [0.15, 0.2) is 96.6 Å². The van der Waals surface area contributed by atoms with Crippen molar-refractivity contribution in [1.29, 1.82) is 0 Å². The highest BCUT2D eigenvalue weighted by Crippen LogP contribution is 2.56. The van der Waals surface area contributed by atoms with Crippen molar-refractivity contribution in [3.63, 3.8) is 0 Å². The van der Waals surface area contributed by atoms with Gasteiger partial charge in [-0.15, -0.1) is 0 Å². The number of hydrogen-bond donors (Lipinski definition) is 1. The maximum absolute atomic E-state index is 13.7. The van der Waals surface area contributed by atoms with Crippen molar-refractivity contribution in [2.45, 2.75) is 0 Å². The molecule has 6 nitrogen and oxygen atoms in total. The van der Waals surface area contributed by atoms with E-state index in [-0.39, 0.29) is 5.69 Å². The number of anilines is 1. The molecule has 3 aromatic carbocycles. The summed E-state index contributed by atoms with van der Waals surface area (Å²) < 4.78 is 19.8. The third-order valence-corrected chi connectivity index (χ3v) is 6.16. The zero-order valence-electron chi connectivity index (χ0n) is 15.3. The largest absolute Gasteiger partial charge is 0.456 e. The van der Waals surface area contributed by atoms with Crippen LogP contribution in [-0.4, -0.2) is 4.92 Å². The first-order valence-corrected chi connectivity index (χ1v) is 10.7. The number of non-ortho nitro benzene ring substituents is 1. The molecule has 0 saturated carbocycles. The summed E-state index contributed by atoms with van der Waals surface area (Å²) in [5.41, 5.74) is 1.90. The van der Waals surface area contributed by atoms with Gasteiger partial charge in [-0.1, -0.05) is 66.7 Å². The number of nitro benzene ring substituents is 1. The summed E-state index contributed by atoms with van der Waals surface area (Å²) in [5.74, 6) is 4.03. The molecule has 0 radical (unpaired) electrons. The molecule has 0 saturated heterocycles. The summed E-state index contributed by atoms with van der Waals surface area (Å²) >= 11 is 0. The van der Waals surface area contributed by atoms with Crippen molar-refractivity contribution >= 4 is 30.2 Å². The summed E-state index contributed by atoms with van der Waals surface area (Å²) in [7, 11) is -3.25. The molecule has 4 rings (SSSR count). The van der Waals surface area contributed by atoms with Crippen LogP contribution < -0.4 is 5.09 Å². The van der Waals surface area contributed by atoms with Gasteiger partial charge in [-0.05, 0) is 6.07 Å². The van der Waals surface area contributed by atoms with Crippen LogP contribution >= 0.6 is 7.29 Å². The number of nitro groups is 1. The van der Waals surface area contributed by atoms with Crippen LogP contribution in [0.1, 0.15) is 11.1 Å². The highest BCUT2D eigenvalue weighted by molar-refractivity contribution is 7.72. The SMILES string of the molecule is O=[N+]([O-])c1cccc(NP2(=O)C=C(c3ccccc3)OC(c3ccccc3)=C2)c1. The van der Waals surface area contributed by atoms with E-state index >= 15 is 0 Å². The molecule has 0 spiro atoms. The van der Waals surface area contributed by atoms with Gasteiger partial charge >= 0.3 is 0 Å². The Bertz CT molecular complexity index is 1100. The molecule has 0 fully saturated rings. The van der Waals surface area contributed by atoms with Crippen LogP contribution in [0.5, 0.6) is 0 Å². The fourth-order valence-electron chi connectivity index (χ4n) is 2.98. The van der Waals surface area contributed by atoms with Gasteiger partial charge < -0.3 is 9.82 Å². The van der Waals surface area contributed by atoms with Gasteiger partial charge in [-0.2, -0.15) is 0 Å². The fourth-order valence-corrected chi connectivity index (χ4v) is 4.83. The first-order valence-electron chi connectivity index (χ1n) is 8.89.